The molecule has 0 aliphatic carbocycles. The average Bonchev–Trinajstić information content (AvgIpc) is 3.80. The number of aliphatic hydroxyl groups is 1. The first-order valence-electron chi connectivity index (χ1n) is 18.7. The molecule has 60 heavy (non-hydrogen) atoms. The summed E-state index contributed by atoms with van der Waals surface area (Å²) in [4.78, 5) is 25.3. The number of aliphatic hydroxyl groups excluding tert-OH is 1. The lowest BCUT2D eigenvalue weighted by molar-refractivity contribution is 0.0690. The van der Waals surface area contributed by atoms with Crippen LogP contribution in [0, 0.1) is 24.6 Å². The summed E-state index contributed by atoms with van der Waals surface area (Å²) in [5.41, 5.74) is 1.84. The van der Waals surface area contributed by atoms with Gasteiger partial charge in [0, 0.05) is 36.7 Å². The zero-order valence-electron chi connectivity index (χ0n) is 32.5. The van der Waals surface area contributed by atoms with Gasteiger partial charge >= 0.3 is 5.97 Å². The predicted molar refractivity (Wildman–Crippen MR) is 228 cm³/mol. The van der Waals surface area contributed by atoms with Crippen LogP contribution in [-0.2, 0) is 26.7 Å². The summed E-state index contributed by atoms with van der Waals surface area (Å²) in [6, 6.07) is 13.7. The molecule has 0 aliphatic rings. The monoisotopic (exact) mass is 905 g/mol. The van der Waals surface area contributed by atoms with E-state index in [4.69, 9.17) is 13.8 Å². The minimum atomic E-state index is -4.19. The number of aryl methyl sites for hydroxylation is 2. The maximum atomic E-state index is 15.0. The molecule has 0 saturated heterocycles. The number of fused-ring (bicyclic) bond motifs is 1. The van der Waals surface area contributed by atoms with Gasteiger partial charge in [-0.25, -0.2) is 19.2 Å². The molecule has 3 aromatic heterocycles. The first kappa shape index (κ1) is 46.2. The number of thiazole rings is 2. The minimum absolute atomic E-state index is 0.0173. The SMILES string of the molecule is Cc1cc(N(CCCCO)c2nc(C(=O)O)c(CCCOc3ccc(C#CCN(CCCS(=O)(=O)O)CCCS(=O)(=O)O)cc3F)s2)nnc1Nc1nc2ccccc2s1. The third-order valence-electron chi connectivity index (χ3n) is 8.70. The van der Waals surface area contributed by atoms with Crippen LogP contribution in [-0.4, -0.2) is 118 Å². The number of aromatic carboxylic acids is 1. The lowest BCUT2D eigenvalue weighted by atomic mass is 10.2. The van der Waals surface area contributed by atoms with Crippen molar-refractivity contribution in [1.29, 1.82) is 0 Å². The van der Waals surface area contributed by atoms with E-state index in [1.54, 1.807) is 15.9 Å². The van der Waals surface area contributed by atoms with Crippen molar-refractivity contribution in [2.75, 3.05) is 61.1 Å². The molecule has 5 aromatic rings. The lowest BCUT2D eigenvalue weighted by Crippen LogP contribution is -2.29. The number of nitrogens with one attached hydrogen (secondary N) is 1. The number of carboxylic acid groups (broad SMARTS) is 1. The fraction of sp³-hybridized carbons (Fsp3) is 0.395. The van der Waals surface area contributed by atoms with Gasteiger partial charge in [-0.1, -0.05) is 35.3 Å². The highest BCUT2D eigenvalue weighted by Crippen LogP contribution is 2.34. The van der Waals surface area contributed by atoms with Crippen molar-refractivity contribution in [2.24, 2.45) is 0 Å². The quantitative estimate of drug-likeness (QED) is 0.0306. The van der Waals surface area contributed by atoms with E-state index in [0.717, 1.165) is 15.8 Å². The summed E-state index contributed by atoms with van der Waals surface area (Å²) in [5.74, 6) is 3.72. The molecule has 0 spiro atoms. The standard InChI is InChI=1S/C38H44FN7O10S4/c1-26-24-33(43-44-35(26)42-37-40-29-11-2-3-12-31(29)57-37)46(19-4-5-20-47)38-41-34(36(48)49)32(58-38)13-7-21-56-30-15-14-27(25-28(30)39)10-6-16-45(17-8-22-59(50,51)52)18-9-23-60(53,54)55/h2-3,11-12,14-15,24-25,47H,4-5,7-9,13,16-23H2,1H3,(H,48,49)(H,40,42,44)(H,50,51,52)(H,53,54,55). The topological polar surface area (TPSA) is 246 Å². The number of rotatable bonds is 23. The van der Waals surface area contributed by atoms with E-state index < -0.39 is 43.5 Å². The number of unbranched alkanes of at least 4 members (excludes halogenated alkanes) is 1. The van der Waals surface area contributed by atoms with Crippen molar-refractivity contribution in [1.82, 2.24) is 25.1 Å². The van der Waals surface area contributed by atoms with Crippen molar-refractivity contribution in [3.05, 3.63) is 76.0 Å². The Balaban J connectivity index is 1.20. The number of benzene rings is 2. The van der Waals surface area contributed by atoms with Gasteiger partial charge in [-0.05, 0) is 87.4 Å². The highest BCUT2D eigenvalue weighted by atomic mass is 32.2. The molecule has 0 unspecified atom stereocenters. The summed E-state index contributed by atoms with van der Waals surface area (Å²) in [6.45, 7) is 2.73. The van der Waals surface area contributed by atoms with E-state index in [-0.39, 0.29) is 63.6 Å². The van der Waals surface area contributed by atoms with Crippen molar-refractivity contribution in [2.45, 2.75) is 45.4 Å². The summed E-state index contributed by atoms with van der Waals surface area (Å²) in [6.07, 6.45) is 1.82. The number of hydrogen-bond acceptors (Lipinski definition) is 16. The molecule has 0 bridgehead atoms. The third kappa shape index (κ3) is 14.4. The maximum absolute atomic E-state index is 15.0. The second kappa shape index (κ2) is 21.6. The van der Waals surface area contributed by atoms with Crippen molar-refractivity contribution in [3.8, 4) is 17.6 Å². The number of hydrogen-bond donors (Lipinski definition) is 5. The molecule has 17 nitrogen and oxygen atoms in total. The molecule has 0 atom stereocenters. The van der Waals surface area contributed by atoms with Crippen LogP contribution in [0.5, 0.6) is 5.75 Å². The van der Waals surface area contributed by atoms with Crippen molar-refractivity contribution in [3.63, 3.8) is 0 Å². The van der Waals surface area contributed by atoms with Crippen LogP contribution in [0.1, 0.15) is 58.6 Å². The van der Waals surface area contributed by atoms with E-state index in [9.17, 15) is 31.8 Å². The highest BCUT2D eigenvalue weighted by molar-refractivity contribution is 7.86. The van der Waals surface area contributed by atoms with Gasteiger partial charge in [-0.15, -0.1) is 21.5 Å². The Bertz CT molecular complexity index is 2470. The molecule has 0 fully saturated rings. The highest BCUT2D eigenvalue weighted by Gasteiger charge is 2.23. The van der Waals surface area contributed by atoms with Gasteiger partial charge in [0.15, 0.2) is 39.2 Å². The van der Waals surface area contributed by atoms with Crippen LogP contribution in [0.25, 0.3) is 10.2 Å². The fourth-order valence-corrected chi connectivity index (χ4v) is 8.79. The molecule has 0 aliphatic heterocycles. The van der Waals surface area contributed by atoms with E-state index in [1.165, 1.54) is 34.8 Å². The van der Waals surface area contributed by atoms with Crippen LogP contribution >= 0.6 is 22.7 Å². The zero-order valence-corrected chi connectivity index (χ0v) is 35.7. The lowest BCUT2D eigenvalue weighted by Gasteiger charge is -2.21. The number of halogens is 1. The number of anilines is 4. The van der Waals surface area contributed by atoms with E-state index in [1.807, 2.05) is 37.3 Å². The Morgan fingerprint density at radius 1 is 0.917 bits per heavy atom. The van der Waals surface area contributed by atoms with Crippen molar-refractivity contribution >= 4 is 81.0 Å². The molecule has 0 radical (unpaired) electrons. The Kier molecular flexibility index (Phi) is 16.6. The molecule has 22 heteroatoms. The zero-order chi connectivity index (χ0) is 43.3. The summed E-state index contributed by atoms with van der Waals surface area (Å²) >= 11 is 2.68. The van der Waals surface area contributed by atoms with Gasteiger partial charge in [0.25, 0.3) is 20.2 Å². The molecular formula is C38H44FN7O10S4. The van der Waals surface area contributed by atoms with Crippen LogP contribution in [0.2, 0.25) is 0 Å². The van der Waals surface area contributed by atoms with Gasteiger partial charge in [0.05, 0.1) is 34.9 Å². The molecule has 5 N–H and O–H groups in total. The van der Waals surface area contributed by atoms with Crippen LogP contribution < -0.4 is 15.0 Å². The first-order valence-corrected chi connectivity index (χ1v) is 23.6. The predicted octanol–water partition coefficient (Wildman–Crippen LogP) is 5.56. The molecule has 0 saturated carbocycles. The van der Waals surface area contributed by atoms with Gasteiger partial charge in [0.1, 0.15) is 0 Å². The van der Waals surface area contributed by atoms with Gasteiger partial charge < -0.3 is 25.2 Å². The molecule has 322 valence electrons. The normalized spacial score (nSPS) is 11.8. The summed E-state index contributed by atoms with van der Waals surface area (Å²) in [5, 5.41) is 32.6. The Hall–Kier alpha value is -4.86. The number of carboxylic acids is 1. The third-order valence-corrected chi connectivity index (χ3v) is 12.4. The summed E-state index contributed by atoms with van der Waals surface area (Å²) < 4.78 is 84.1. The summed E-state index contributed by atoms with van der Waals surface area (Å²) in [7, 11) is -8.37. The molecule has 0 amide bonds. The van der Waals surface area contributed by atoms with Gasteiger partial charge in [-0.3, -0.25) is 14.0 Å². The Morgan fingerprint density at radius 2 is 1.65 bits per heavy atom. The Labute approximate surface area is 354 Å². The Morgan fingerprint density at radius 3 is 2.30 bits per heavy atom. The number of ether oxygens (including phenoxy) is 1. The van der Waals surface area contributed by atoms with Crippen LogP contribution in [0.15, 0.2) is 48.5 Å². The molecule has 5 rings (SSSR count). The van der Waals surface area contributed by atoms with E-state index >= 15 is 4.39 Å². The second-order valence-corrected chi connectivity index (χ2v) is 18.7. The minimum Gasteiger partial charge on any atom is -0.491 e. The number of aromatic nitrogens is 4. The van der Waals surface area contributed by atoms with Crippen LogP contribution in [0.3, 0.4) is 0 Å². The second-order valence-electron chi connectivity index (χ2n) is 13.5. The molecule has 3 heterocycles. The molecular weight excluding hydrogens is 862 g/mol. The number of carbonyl (C=O) groups is 1. The van der Waals surface area contributed by atoms with Crippen molar-refractivity contribution < 1.29 is 50.1 Å². The smallest absolute Gasteiger partial charge is 0.355 e. The number of para-hydroxylation sites is 1. The maximum Gasteiger partial charge on any atom is 0.355 e. The average molecular weight is 906 g/mol. The first-order chi connectivity index (χ1) is 28.6. The van der Waals surface area contributed by atoms with E-state index in [0.29, 0.717) is 58.1 Å². The fourth-order valence-electron chi connectivity index (χ4n) is 5.81. The molecule has 2 aromatic carbocycles. The van der Waals surface area contributed by atoms with Crippen LogP contribution in [0.4, 0.5) is 26.3 Å². The number of nitrogens with zero attached hydrogens (tertiary/aromatic N) is 6. The van der Waals surface area contributed by atoms with Gasteiger partial charge in [0.2, 0.25) is 0 Å². The van der Waals surface area contributed by atoms with Gasteiger partial charge in [-0.2, -0.15) is 16.8 Å². The largest absolute Gasteiger partial charge is 0.491 e. The van der Waals surface area contributed by atoms with E-state index in [2.05, 4.69) is 37.3 Å².